The molecule has 0 spiro atoms. The smallest absolute Gasteiger partial charge is 0.261 e. The maximum atomic E-state index is 13.8. The topological polar surface area (TPSA) is 57.0 Å². The molecule has 2 rings (SSSR count). The second kappa shape index (κ2) is 5.80. The summed E-state index contributed by atoms with van der Waals surface area (Å²) in [6.45, 7) is 0. The second-order valence-electron chi connectivity index (χ2n) is 3.99. The molecule has 2 aromatic rings. The van der Waals surface area contributed by atoms with Gasteiger partial charge in [0.15, 0.2) is 0 Å². The Morgan fingerprint density at radius 1 is 1.45 bits per heavy atom. The largest absolute Gasteiger partial charge is 0.309 e. The second-order valence-corrected chi connectivity index (χ2v) is 4.91. The zero-order valence-electron chi connectivity index (χ0n) is 10.5. The van der Waals surface area contributed by atoms with Crippen molar-refractivity contribution in [3.05, 3.63) is 58.1 Å². The van der Waals surface area contributed by atoms with Crippen LogP contribution in [0.3, 0.4) is 0 Å². The number of carbonyl (C=O) groups excluding carboxylic acids is 1. The first-order valence-corrected chi connectivity index (χ1v) is 6.41. The van der Waals surface area contributed by atoms with Crippen molar-refractivity contribution in [2.45, 2.75) is 0 Å². The van der Waals surface area contributed by atoms with Gasteiger partial charge in [0.05, 0.1) is 16.8 Å². The highest BCUT2D eigenvalue weighted by atomic mass is 79.9. The maximum Gasteiger partial charge on any atom is 0.261 e. The average molecular weight is 334 g/mol. The van der Waals surface area contributed by atoms with E-state index in [2.05, 4.69) is 20.9 Å². The molecule has 0 aliphatic heterocycles. The van der Waals surface area contributed by atoms with Gasteiger partial charge < -0.3 is 4.90 Å². The lowest BCUT2D eigenvalue weighted by molar-refractivity contribution is 0.0991. The molecule has 100 valence electrons. The summed E-state index contributed by atoms with van der Waals surface area (Å²) in [7, 11) is 1.45. The number of pyridine rings is 1. The highest BCUT2D eigenvalue weighted by Gasteiger charge is 2.20. The molecule has 0 aliphatic rings. The van der Waals surface area contributed by atoms with Crippen molar-refractivity contribution in [3.63, 3.8) is 0 Å². The fourth-order valence-electron chi connectivity index (χ4n) is 1.70. The monoisotopic (exact) mass is 333 g/mol. The number of rotatable bonds is 2. The van der Waals surface area contributed by atoms with Crippen molar-refractivity contribution < 1.29 is 9.18 Å². The first kappa shape index (κ1) is 14.2. The number of halogens is 2. The van der Waals surface area contributed by atoms with Gasteiger partial charge in [0.25, 0.3) is 5.91 Å². The summed E-state index contributed by atoms with van der Waals surface area (Å²) < 4.78 is 14.4. The van der Waals surface area contributed by atoms with E-state index in [0.717, 1.165) is 4.90 Å². The van der Waals surface area contributed by atoms with Crippen LogP contribution in [0.25, 0.3) is 0 Å². The molecule has 0 unspecified atom stereocenters. The Hall–Kier alpha value is -2.26. The summed E-state index contributed by atoms with van der Waals surface area (Å²) in [5.41, 5.74) is 0.459. The van der Waals surface area contributed by atoms with Crippen LogP contribution in [-0.4, -0.2) is 17.9 Å². The Labute approximate surface area is 123 Å². The molecule has 0 saturated carbocycles. The molecular weight excluding hydrogens is 325 g/mol. The molecule has 1 aromatic heterocycles. The predicted molar refractivity (Wildman–Crippen MR) is 75.8 cm³/mol. The Morgan fingerprint density at radius 2 is 2.20 bits per heavy atom. The number of benzene rings is 1. The minimum atomic E-state index is -0.522. The van der Waals surface area contributed by atoms with E-state index in [9.17, 15) is 9.18 Å². The third-order valence-corrected chi connectivity index (χ3v) is 3.24. The number of aromatic nitrogens is 1. The van der Waals surface area contributed by atoms with E-state index in [1.165, 1.54) is 37.6 Å². The van der Waals surface area contributed by atoms with Crippen molar-refractivity contribution in [2.24, 2.45) is 0 Å². The molecule has 0 aliphatic carbocycles. The third-order valence-electron chi connectivity index (χ3n) is 2.75. The molecule has 1 heterocycles. The molecule has 0 atom stereocenters. The lowest BCUT2D eigenvalue weighted by Crippen LogP contribution is -2.28. The van der Waals surface area contributed by atoms with Gasteiger partial charge in [-0.25, -0.2) is 4.39 Å². The van der Waals surface area contributed by atoms with Crippen LogP contribution >= 0.6 is 15.9 Å². The molecule has 4 nitrogen and oxygen atoms in total. The molecule has 20 heavy (non-hydrogen) atoms. The van der Waals surface area contributed by atoms with Crippen LogP contribution in [-0.2, 0) is 0 Å². The van der Waals surface area contributed by atoms with Crippen molar-refractivity contribution in [1.82, 2.24) is 4.98 Å². The van der Waals surface area contributed by atoms with E-state index in [4.69, 9.17) is 5.26 Å². The van der Waals surface area contributed by atoms with Gasteiger partial charge in [0.2, 0.25) is 0 Å². The van der Waals surface area contributed by atoms with Crippen LogP contribution in [0.4, 0.5) is 10.1 Å². The van der Waals surface area contributed by atoms with E-state index in [1.54, 1.807) is 6.07 Å². The van der Waals surface area contributed by atoms with Gasteiger partial charge in [-0.1, -0.05) is 15.9 Å². The normalized spacial score (nSPS) is 9.90. The third kappa shape index (κ3) is 2.68. The summed E-state index contributed by atoms with van der Waals surface area (Å²) in [5, 5.41) is 8.99. The van der Waals surface area contributed by atoms with E-state index in [0.29, 0.717) is 4.47 Å². The van der Waals surface area contributed by atoms with Crippen LogP contribution in [0.5, 0.6) is 0 Å². The van der Waals surface area contributed by atoms with Crippen LogP contribution in [0.2, 0.25) is 0 Å². The number of carbonyl (C=O) groups is 1. The Bertz CT molecular complexity index is 712. The zero-order chi connectivity index (χ0) is 14.7. The molecule has 0 bridgehead atoms. The van der Waals surface area contributed by atoms with Crippen molar-refractivity contribution in [1.29, 1.82) is 5.26 Å². The molecule has 6 heteroatoms. The fourth-order valence-corrected chi connectivity index (χ4v) is 2.04. The van der Waals surface area contributed by atoms with Gasteiger partial charge in [-0.2, -0.15) is 5.26 Å². The van der Waals surface area contributed by atoms with Gasteiger partial charge in [0, 0.05) is 23.9 Å². The standard InChI is InChI=1S/C14H9BrFN3O/c1-19(13-6-10(15)2-3-12(13)16)14(20)11-8-18-5-4-9(11)7-17/h2-6,8H,1H3. The number of amides is 1. The summed E-state index contributed by atoms with van der Waals surface area (Å²) in [6.07, 6.45) is 2.72. The van der Waals surface area contributed by atoms with Gasteiger partial charge in [-0.3, -0.25) is 9.78 Å². The van der Waals surface area contributed by atoms with Crippen molar-refractivity contribution in [2.75, 3.05) is 11.9 Å². The maximum absolute atomic E-state index is 13.8. The number of hydrogen-bond acceptors (Lipinski definition) is 3. The van der Waals surface area contributed by atoms with Crippen molar-refractivity contribution in [3.8, 4) is 6.07 Å². The first-order valence-electron chi connectivity index (χ1n) is 5.62. The van der Waals surface area contributed by atoms with Gasteiger partial charge in [-0.05, 0) is 24.3 Å². The zero-order valence-corrected chi connectivity index (χ0v) is 12.1. The predicted octanol–water partition coefficient (Wildman–Crippen LogP) is 3.13. The van der Waals surface area contributed by atoms with Crippen LogP contribution < -0.4 is 4.90 Å². The molecule has 0 saturated heterocycles. The number of nitrogens with zero attached hydrogens (tertiary/aromatic N) is 3. The van der Waals surface area contributed by atoms with Crippen LogP contribution in [0, 0.1) is 17.1 Å². The van der Waals surface area contributed by atoms with Crippen LogP contribution in [0.1, 0.15) is 15.9 Å². The quantitative estimate of drug-likeness (QED) is 0.848. The van der Waals surface area contributed by atoms with E-state index in [1.807, 2.05) is 6.07 Å². The Morgan fingerprint density at radius 3 is 2.90 bits per heavy atom. The summed E-state index contributed by atoms with van der Waals surface area (Å²) in [4.78, 5) is 17.3. The number of anilines is 1. The molecule has 0 fully saturated rings. The fraction of sp³-hybridized carbons (Fsp3) is 0.0714. The minimum Gasteiger partial charge on any atom is -0.309 e. The molecule has 0 N–H and O–H groups in total. The molecule has 1 aromatic carbocycles. The lowest BCUT2D eigenvalue weighted by atomic mass is 10.1. The van der Waals surface area contributed by atoms with E-state index in [-0.39, 0.29) is 16.8 Å². The Balaban J connectivity index is 2.43. The summed E-state index contributed by atoms with van der Waals surface area (Å²) in [6, 6.07) is 7.66. The first-order chi connectivity index (χ1) is 9.54. The van der Waals surface area contributed by atoms with Gasteiger partial charge >= 0.3 is 0 Å². The molecule has 0 radical (unpaired) electrons. The highest BCUT2D eigenvalue weighted by Crippen LogP contribution is 2.24. The van der Waals surface area contributed by atoms with Gasteiger partial charge in [0.1, 0.15) is 11.9 Å². The summed E-state index contributed by atoms with van der Waals surface area (Å²) >= 11 is 3.23. The summed E-state index contributed by atoms with van der Waals surface area (Å²) in [5.74, 6) is -1.02. The minimum absolute atomic E-state index is 0.122. The SMILES string of the molecule is CN(C(=O)c1cnccc1C#N)c1cc(Br)ccc1F. The highest BCUT2D eigenvalue weighted by molar-refractivity contribution is 9.10. The average Bonchev–Trinajstić information content (AvgIpc) is 2.48. The number of nitriles is 1. The van der Waals surface area contributed by atoms with Crippen LogP contribution in [0.15, 0.2) is 41.1 Å². The molecule has 1 amide bonds. The van der Waals surface area contributed by atoms with E-state index >= 15 is 0 Å². The van der Waals surface area contributed by atoms with E-state index < -0.39 is 11.7 Å². The van der Waals surface area contributed by atoms with Crippen molar-refractivity contribution >= 4 is 27.5 Å². The number of hydrogen-bond donors (Lipinski definition) is 0. The van der Waals surface area contributed by atoms with Gasteiger partial charge in [-0.15, -0.1) is 0 Å². The Kier molecular flexibility index (Phi) is 4.11. The lowest BCUT2D eigenvalue weighted by Gasteiger charge is -2.18. The molecular formula is C14H9BrFN3O.